The monoisotopic (exact) mass is 442 g/mol. The number of methoxy groups -OCH3 is 1. The fraction of sp³-hybridized carbons (Fsp3) is 0.185. The van der Waals surface area contributed by atoms with E-state index in [-0.39, 0.29) is 11.8 Å². The van der Waals surface area contributed by atoms with Crippen LogP contribution < -0.4 is 19.7 Å². The van der Waals surface area contributed by atoms with E-state index >= 15 is 0 Å². The van der Waals surface area contributed by atoms with E-state index in [4.69, 9.17) is 9.47 Å². The van der Waals surface area contributed by atoms with Gasteiger partial charge in [-0.05, 0) is 62.7 Å². The van der Waals surface area contributed by atoms with Crippen molar-refractivity contribution < 1.29 is 19.1 Å². The SMILES string of the molecule is COc1ccccc1N1C(=O)C(Nc2ccc(OC(C)C)cc2)=C(c2ccc(C)cc2)C1=O. The summed E-state index contributed by atoms with van der Waals surface area (Å²) < 4.78 is 11.1. The Kier molecular flexibility index (Phi) is 6.18. The zero-order valence-electron chi connectivity index (χ0n) is 19.1. The van der Waals surface area contributed by atoms with Crippen LogP contribution in [0, 0.1) is 6.92 Å². The molecule has 1 aliphatic heterocycles. The van der Waals surface area contributed by atoms with E-state index in [0.29, 0.717) is 28.3 Å². The number of carbonyl (C=O) groups excluding carboxylic acids is 2. The average molecular weight is 443 g/mol. The molecule has 1 aliphatic rings. The topological polar surface area (TPSA) is 67.9 Å². The Morgan fingerprint density at radius 3 is 2.15 bits per heavy atom. The van der Waals surface area contributed by atoms with Gasteiger partial charge in [0.05, 0.1) is 24.5 Å². The Hall–Kier alpha value is -4.06. The fourth-order valence-electron chi connectivity index (χ4n) is 3.70. The number of hydrogen-bond acceptors (Lipinski definition) is 5. The molecule has 33 heavy (non-hydrogen) atoms. The molecule has 0 aromatic heterocycles. The Balaban J connectivity index is 1.76. The first-order valence-electron chi connectivity index (χ1n) is 10.8. The third kappa shape index (κ3) is 4.46. The van der Waals surface area contributed by atoms with Gasteiger partial charge in [0.1, 0.15) is 17.2 Å². The second-order valence-corrected chi connectivity index (χ2v) is 8.05. The molecule has 0 bridgehead atoms. The fourth-order valence-corrected chi connectivity index (χ4v) is 3.70. The van der Waals surface area contributed by atoms with Crippen LogP contribution in [0.4, 0.5) is 11.4 Å². The van der Waals surface area contributed by atoms with Gasteiger partial charge in [-0.3, -0.25) is 9.59 Å². The normalized spacial score (nSPS) is 13.7. The number of rotatable bonds is 7. The van der Waals surface area contributed by atoms with Crippen molar-refractivity contribution >= 4 is 28.8 Å². The first-order chi connectivity index (χ1) is 15.9. The lowest BCUT2D eigenvalue weighted by molar-refractivity contribution is -0.120. The van der Waals surface area contributed by atoms with Crippen molar-refractivity contribution in [3.05, 3.63) is 89.6 Å². The van der Waals surface area contributed by atoms with Crippen molar-refractivity contribution in [2.24, 2.45) is 0 Å². The Morgan fingerprint density at radius 2 is 1.52 bits per heavy atom. The average Bonchev–Trinajstić information content (AvgIpc) is 3.04. The number of nitrogens with zero attached hydrogens (tertiary/aromatic N) is 1. The number of nitrogens with one attached hydrogen (secondary N) is 1. The lowest BCUT2D eigenvalue weighted by atomic mass is 10.0. The Bertz CT molecular complexity index is 1210. The minimum Gasteiger partial charge on any atom is -0.495 e. The van der Waals surface area contributed by atoms with Crippen LogP contribution in [0.25, 0.3) is 5.57 Å². The summed E-state index contributed by atoms with van der Waals surface area (Å²) in [5.74, 6) is 0.324. The smallest absolute Gasteiger partial charge is 0.282 e. The van der Waals surface area contributed by atoms with E-state index in [1.807, 2.05) is 69.3 Å². The van der Waals surface area contributed by atoms with Crippen LogP contribution in [0.1, 0.15) is 25.0 Å². The lowest BCUT2D eigenvalue weighted by Gasteiger charge is -2.18. The minimum absolute atomic E-state index is 0.0584. The van der Waals surface area contributed by atoms with Crippen molar-refractivity contribution in [1.29, 1.82) is 0 Å². The van der Waals surface area contributed by atoms with E-state index in [1.165, 1.54) is 7.11 Å². The van der Waals surface area contributed by atoms with Crippen molar-refractivity contribution in [2.45, 2.75) is 26.9 Å². The molecule has 6 heteroatoms. The van der Waals surface area contributed by atoms with Gasteiger partial charge in [0.25, 0.3) is 11.8 Å². The number of para-hydroxylation sites is 2. The molecule has 4 rings (SSSR count). The molecule has 168 valence electrons. The number of hydrogen-bond donors (Lipinski definition) is 1. The maximum Gasteiger partial charge on any atom is 0.282 e. The highest BCUT2D eigenvalue weighted by molar-refractivity contribution is 6.46. The van der Waals surface area contributed by atoms with Gasteiger partial charge in [-0.1, -0.05) is 42.0 Å². The zero-order valence-corrected chi connectivity index (χ0v) is 19.1. The quantitative estimate of drug-likeness (QED) is 0.510. The Labute approximate surface area is 193 Å². The van der Waals surface area contributed by atoms with Crippen molar-refractivity contribution in [2.75, 3.05) is 17.3 Å². The van der Waals surface area contributed by atoms with Crippen LogP contribution in [0.15, 0.2) is 78.5 Å². The molecule has 1 heterocycles. The summed E-state index contributed by atoms with van der Waals surface area (Å²) in [5, 5.41) is 3.17. The van der Waals surface area contributed by atoms with Gasteiger partial charge < -0.3 is 14.8 Å². The highest BCUT2D eigenvalue weighted by Gasteiger charge is 2.41. The standard InChI is InChI=1S/C27H26N2O4/c1-17(2)33-21-15-13-20(14-16-21)28-25-24(19-11-9-18(3)10-12-19)26(30)29(27(25)31)22-7-5-6-8-23(22)32-4/h5-17,28H,1-4H3. The maximum atomic E-state index is 13.6. The van der Waals surface area contributed by atoms with Gasteiger partial charge in [0, 0.05) is 5.69 Å². The Morgan fingerprint density at radius 1 is 0.848 bits per heavy atom. The summed E-state index contributed by atoms with van der Waals surface area (Å²) in [6.07, 6.45) is 0.0584. The third-order valence-corrected chi connectivity index (χ3v) is 5.25. The summed E-state index contributed by atoms with van der Waals surface area (Å²) in [7, 11) is 1.51. The van der Waals surface area contributed by atoms with Gasteiger partial charge in [-0.15, -0.1) is 0 Å². The molecule has 0 radical (unpaired) electrons. The highest BCUT2D eigenvalue weighted by Crippen LogP contribution is 2.37. The second kappa shape index (κ2) is 9.20. The molecule has 0 fully saturated rings. The molecule has 6 nitrogen and oxygen atoms in total. The van der Waals surface area contributed by atoms with Crippen LogP contribution >= 0.6 is 0 Å². The predicted molar refractivity (Wildman–Crippen MR) is 129 cm³/mol. The first-order valence-corrected chi connectivity index (χ1v) is 10.8. The summed E-state index contributed by atoms with van der Waals surface area (Å²) in [5.41, 5.74) is 3.33. The van der Waals surface area contributed by atoms with E-state index in [0.717, 1.165) is 16.2 Å². The van der Waals surface area contributed by atoms with Crippen LogP contribution in [0.3, 0.4) is 0 Å². The summed E-state index contributed by atoms with van der Waals surface area (Å²) >= 11 is 0. The first kappa shape index (κ1) is 22.1. The molecule has 0 saturated heterocycles. The van der Waals surface area contributed by atoms with Gasteiger partial charge >= 0.3 is 0 Å². The molecule has 3 aromatic carbocycles. The highest BCUT2D eigenvalue weighted by atomic mass is 16.5. The number of benzene rings is 3. The zero-order chi connectivity index (χ0) is 23.5. The van der Waals surface area contributed by atoms with E-state index < -0.39 is 11.8 Å². The molecular weight excluding hydrogens is 416 g/mol. The summed E-state index contributed by atoms with van der Waals surface area (Å²) in [4.78, 5) is 28.3. The molecule has 0 unspecified atom stereocenters. The van der Waals surface area contributed by atoms with Crippen molar-refractivity contribution in [3.8, 4) is 11.5 Å². The molecule has 0 saturated carbocycles. The van der Waals surface area contributed by atoms with Crippen LogP contribution in [0.5, 0.6) is 11.5 Å². The summed E-state index contributed by atoms with van der Waals surface area (Å²) in [6.45, 7) is 5.89. The maximum absolute atomic E-state index is 13.6. The largest absolute Gasteiger partial charge is 0.495 e. The molecule has 3 aromatic rings. The van der Waals surface area contributed by atoms with Gasteiger partial charge in [0.15, 0.2) is 0 Å². The van der Waals surface area contributed by atoms with Crippen molar-refractivity contribution in [3.63, 3.8) is 0 Å². The number of carbonyl (C=O) groups is 2. The molecular formula is C27H26N2O4. The number of imide groups is 1. The molecule has 2 amide bonds. The third-order valence-electron chi connectivity index (χ3n) is 5.25. The number of aryl methyl sites for hydroxylation is 1. The second-order valence-electron chi connectivity index (χ2n) is 8.05. The molecule has 0 spiro atoms. The van der Waals surface area contributed by atoms with Crippen LogP contribution in [0.2, 0.25) is 0 Å². The molecule has 0 atom stereocenters. The van der Waals surface area contributed by atoms with E-state index in [2.05, 4.69) is 5.32 Å². The molecule has 1 N–H and O–H groups in total. The van der Waals surface area contributed by atoms with E-state index in [9.17, 15) is 9.59 Å². The number of anilines is 2. The van der Waals surface area contributed by atoms with Crippen LogP contribution in [-0.4, -0.2) is 25.0 Å². The molecule has 0 aliphatic carbocycles. The van der Waals surface area contributed by atoms with E-state index in [1.54, 1.807) is 24.3 Å². The van der Waals surface area contributed by atoms with Crippen LogP contribution in [-0.2, 0) is 9.59 Å². The van der Waals surface area contributed by atoms with Crippen molar-refractivity contribution in [1.82, 2.24) is 0 Å². The number of amides is 2. The van der Waals surface area contributed by atoms with Gasteiger partial charge in [-0.25, -0.2) is 4.90 Å². The minimum atomic E-state index is -0.442. The van der Waals surface area contributed by atoms with Gasteiger partial charge in [-0.2, -0.15) is 0 Å². The summed E-state index contributed by atoms with van der Waals surface area (Å²) in [6, 6.07) is 21.8. The number of ether oxygens (including phenoxy) is 2. The van der Waals surface area contributed by atoms with Gasteiger partial charge in [0.2, 0.25) is 0 Å². The predicted octanol–water partition coefficient (Wildman–Crippen LogP) is 5.19. The lowest BCUT2D eigenvalue weighted by Crippen LogP contribution is -2.32.